The average molecular weight is 444 g/mol. The fourth-order valence-corrected chi connectivity index (χ4v) is 5.25. The Bertz CT molecular complexity index is 1290. The Morgan fingerprint density at radius 3 is 2.73 bits per heavy atom. The van der Waals surface area contributed by atoms with Gasteiger partial charge in [0.05, 0.1) is 12.2 Å². The summed E-state index contributed by atoms with van der Waals surface area (Å²) in [6.45, 7) is 2.83. The van der Waals surface area contributed by atoms with Crippen LogP contribution in [-0.2, 0) is 28.7 Å². The van der Waals surface area contributed by atoms with Gasteiger partial charge in [-0.25, -0.2) is 18.4 Å². The standard InChI is InChI=1S/C21H21N3O4S2/c1-14-22-19-9-17(6-7-20(19)28-14)24(10-15-4-3-5-18(25)8-15)11-16-12-29-21(23-16)13-30(2,26)27/h3-9,12,25H,10-11,13H2,1-2H3. The lowest BCUT2D eigenvalue weighted by atomic mass is 10.1. The lowest BCUT2D eigenvalue weighted by Gasteiger charge is -2.24. The first-order valence-corrected chi connectivity index (χ1v) is 12.2. The molecule has 0 saturated heterocycles. The number of aromatic hydroxyl groups is 1. The maximum Gasteiger partial charge on any atom is 0.192 e. The Morgan fingerprint density at radius 2 is 1.97 bits per heavy atom. The highest BCUT2D eigenvalue weighted by Gasteiger charge is 2.15. The zero-order chi connectivity index (χ0) is 21.3. The molecule has 156 valence electrons. The summed E-state index contributed by atoms with van der Waals surface area (Å²) in [5.41, 5.74) is 4.14. The van der Waals surface area contributed by atoms with Crippen LogP contribution >= 0.6 is 11.3 Å². The van der Waals surface area contributed by atoms with E-state index >= 15 is 0 Å². The Hall–Kier alpha value is -2.91. The fourth-order valence-electron chi connectivity index (χ4n) is 3.25. The summed E-state index contributed by atoms with van der Waals surface area (Å²) in [4.78, 5) is 11.0. The van der Waals surface area contributed by atoms with Crippen molar-refractivity contribution in [1.29, 1.82) is 0 Å². The van der Waals surface area contributed by atoms with Crippen molar-refractivity contribution in [1.82, 2.24) is 9.97 Å². The summed E-state index contributed by atoms with van der Waals surface area (Å²) < 4.78 is 28.7. The number of thiazole rings is 1. The molecule has 0 amide bonds. The Balaban J connectivity index is 1.65. The zero-order valence-electron chi connectivity index (χ0n) is 16.6. The van der Waals surface area contributed by atoms with Crippen molar-refractivity contribution < 1.29 is 17.9 Å². The zero-order valence-corrected chi connectivity index (χ0v) is 18.2. The third kappa shape index (κ3) is 4.98. The molecule has 2 heterocycles. The van der Waals surface area contributed by atoms with Crippen molar-refractivity contribution in [3.8, 4) is 5.75 Å². The first-order chi connectivity index (χ1) is 14.2. The van der Waals surface area contributed by atoms with E-state index in [1.165, 1.54) is 17.6 Å². The largest absolute Gasteiger partial charge is 0.508 e. The molecule has 0 aliphatic carbocycles. The Morgan fingerprint density at radius 1 is 1.13 bits per heavy atom. The Labute approximate surface area is 178 Å². The van der Waals surface area contributed by atoms with Gasteiger partial charge in [-0.2, -0.15) is 0 Å². The van der Waals surface area contributed by atoms with Crippen molar-refractivity contribution in [2.75, 3.05) is 11.2 Å². The van der Waals surface area contributed by atoms with Crippen LogP contribution in [0.5, 0.6) is 5.75 Å². The number of hydrogen-bond acceptors (Lipinski definition) is 8. The van der Waals surface area contributed by atoms with Gasteiger partial charge in [-0.1, -0.05) is 12.1 Å². The third-order valence-corrected chi connectivity index (χ3v) is 6.34. The van der Waals surface area contributed by atoms with Gasteiger partial charge < -0.3 is 14.4 Å². The molecule has 4 aromatic rings. The molecule has 0 aliphatic rings. The number of fused-ring (bicyclic) bond motifs is 1. The van der Waals surface area contributed by atoms with Crippen molar-refractivity contribution in [2.45, 2.75) is 25.8 Å². The number of aryl methyl sites for hydroxylation is 1. The van der Waals surface area contributed by atoms with Gasteiger partial charge in [0.2, 0.25) is 0 Å². The highest BCUT2D eigenvalue weighted by atomic mass is 32.2. The maximum absolute atomic E-state index is 11.6. The number of oxazole rings is 1. The first-order valence-electron chi connectivity index (χ1n) is 9.26. The van der Waals surface area contributed by atoms with Gasteiger partial charge in [0.25, 0.3) is 0 Å². The summed E-state index contributed by atoms with van der Waals surface area (Å²) in [6, 6.07) is 12.9. The second-order valence-corrected chi connectivity index (χ2v) is 10.3. The van der Waals surface area contributed by atoms with Crippen LogP contribution in [0.2, 0.25) is 0 Å². The predicted molar refractivity (Wildman–Crippen MR) is 117 cm³/mol. The number of phenolic OH excluding ortho intramolecular Hbond substituents is 1. The smallest absolute Gasteiger partial charge is 0.192 e. The monoisotopic (exact) mass is 443 g/mol. The highest BCUT2D eigenvalue weighted by molar-refractivity contribution is 7.90. The van der Waals surface area contributed by atoms with E-state index in [0.29, 0.717) is 24.0 Å². The molecule has 0 saturated carbocycles. The fraction of sp³-hybridized carbons (Fsp3) is 0.238. The number of nitrogens with zero attached hydrogens (tertiary/aromatic N) is 3. The molecule has 1 N–H and O–H groups in total. The van der Waals surface area contributed by atoms with Crippen LogP contribution < -0.4 is 4.90 Å². The van der Waals surface area contributed by atoms with Gasteiger partial charge in [0, 0.05) is 30.8 Å². The molecule has 9 heteroatoms. The van der Waals surface area contributed by atoms with Crippen LogP contribution in [0.4, 0.5) is 5.69 Å². The van der Waals surface area contributed by atoms with E-state index < -0.39 is 9.84 Å². The lowest BCUT2D eigenvalue weighted by molar-refractivity contribution is 0.474. The molecule has 0 bridgehead atoms. The summed E-state index contributed by atoms with van der Waals surface area (Å²) in [7, 11) is -3.13. The minimum absolute atomic E-state index is 0.0611. The molecule has 0 radical (unpaired) electrons. The molecular weight excluding hydrogens is 422 g/mol. The topological polar surface area (TPSA) is 96.5 Å². The van der Waals surface area contributed by atoms with Crippen LogP contribution in [0.3, 0.4) is 0 Å². The number of anilines is 1. The number of hydrogen-bond donors (Lipinski definition) is 1. The molecule has 0 aliphatic heterocycles. The number of benzene rings is 2. The average Bonchev–Trinajstić information content (AvgIpc) is 3.24. The van der Waals surface area contributed by atoms with Crippen LogP contribution in [0.15, 0.2) is 52.3 Å². The van der Waals surface area contributed by atoms with Gasteiger partial charge in [-0.3, -0.25) is 0 Å². The van der Waals surface area contributed by atoms with Gasteiger partial charge >= 0.3 is 0 Å². The van der Waals surface area contributed by atoms with E-state index in [1.807, 2.05) is 36.6 Å². The molecule has 7 nitrogen and oxygen atoms in total. The molecule has 30 heavy (non-hydrogen) atoms. The maximum atomic E-state index is 11.6. The van der Waals surface area contributed by atoms with Crippen LogP contribution in [0.1, 0.15) is 22.2 Å². The van der Waals surface area contributed by atoms with E-state index in [-0.39, 0.29) is 11.5 Å². The summed E-state index contributed by atoms with van der Waals surface area (Å²) >= 11 is 1.34. The number of phenols is 1. The quantitative estimate of drug-likeness (QED) is 0.460. The summed E-state index contributed by atoms with van der Waals surface area (Å²) in [5.74, 6) is 0.750. The molecule has 4 rings (SSSR count). The molecular formula is C21H21N3O4S2. The predicted octanol–water partition coefficient (Wildman–Crippen LogP) is 4.05. The molecule has 0 fully saturated rings. The van der Waals surface area contributed by atoms with Crippen LogP contribution in [0, 0.1) is 6.92 Å². The van der Waals surface area contributed by atoms with E-state index in [2.05, 4.69) is 14.9 Å². The lowest BCUT2D eigenvalue weighted by Crippen LogP contribution is -2.22. The number of sulfone groups is 1. The highest BCUT2D eigenvalue weighted by Crippen LogP contribution is 2.27. The molecule has 2 aromatic carbocycles. The summed E-state index contributed by atoms with van der Waals surface area (Å²) in [5, 5.41) is 12.3. The second-order valence-electron chi connectivity index (χ2n) is 7.21. The molecule has 0 unspecified atom stereocenters. The van der Waals surface area contributed by atoms with Gasteiger partial charge in [-0.15, -0.1) is 11.3 Å². The molecule has 0 atom stereocenters. The van der Waals surface area contributed by atoms with Crippen LogP contribution in [-0.4, -0.2) is 29.7 Å². The minimum atomic E-state index is -3.13. The van der Waals surface area contributed by atoms with Crippen LogP contribution in [0.25, 0.3) is 11.1 Å². The van der Waals surface area contributed by atoms with Crippen molar-refractivity contribution in [3.63, 3.8) is 0 Å². The molecule has 2 aromatic heterocycles. The van der Waals surface area contributed by atoms with E-state index in [1.54, 1.807) is 18.2 Å². The van der Waals surface area contributed by atoms with Gasteiger partial charge in [0.15, 0.2) is 21.3 Å². The van der Waals surface area contributed by atoms with Crippen molar-refractivity contribution in [2.24, 2.45) is 0 Å². The second kappa shape index (κ2) is 8.08. The Kier molecular flexibility index (Phi) is 5.48. The molecule has 0 spiro atoms. The minimum Gasteiger partial charge on any atom is -0.508 e. The van der Waals surface area contributed by atoms with Crippen molar-refractivity contribution >= 4 is 38.0 Å². The van der Waals surface area contributed by atoms with Crippen molar-refractivity contribution in [3.05, 3.63) is 70.0 Å². The number of rotatable bonds is 7. The van der Waals surface area contributed by atoms with E-state index in [9.17, 15) is 13.5 Å². The first kappa shape index (κ1) is 20.4. The SMILES string of the molecule is Cc1nc2cc(N(Cc3cccc(O)c3)Cc3csc(CS(C)(=O)=O)n3)ccc2o1. The third-order valence-electron chi connectivity index (χ3n) is 4.47. The van der Waals surface area contributed by atoms with Gasteiger partial charge in [-0.05, 0) is 35.9 Å². The number of aromatic nitrogens is 2. The van der Waals surface area contributed by atoms with Gasteiger partial charge in [0.1, 0.15) is 22.0 Å². The van der Waals surface area contributed by atoms with E-state index in [4.69, 9.17) is 4.42 Å². The van der Waals surface area contributed by atoms with E-state index in [0.717, 1.165) is 28.0 Å². The summed E-state index contributed by atoms with van der Waals surface area (Å²) in [6.07, 6.45) is 1.21. The normalized spacial score (nSPS) is 11.8.